The molecule has 2 N–H and O–H groups in total. The molecule has 18 heteroatoms. The van der Waals surface area contributed by atoms with Crippen molar-refractivity contribution < 1.29 is 76.3 Å². The van der Waals surface area contributed by atoms with Gasteiger partial charge < -0.3 is 48.5 Å². The van der Waals surface area contributed by atoms with E-state index in [1.807, 2.05) is 0 Å². The van der Waals surface area contributed by atoms with Gasteiger partial charge >= 0.3 is 47.8 Å². The lowest BCUT2D eigenvalue weighted by molar-refractivity contribution is -0.179. The second-order valence-electron chi connectivity index (χ2n) is 12.9. The third-order valence-corrected chi connectivity index (χ3v) is 9.17. The van der Waals surface area contributed by atoms with E-state index in [2.05, 4.69) is 10.6 Å². The quantitative estimate of drug-likeness (QED) is 0.0723. The van der Waals surface area contributed by atoms with Crippen molar-refractivity contribution in [2.45, 2.75) is 106 Å². The van der Waals surface area contributed by atoms with E-state index in [4.69, 9.17) is 37.9 Å². The van der Waals surface area contributed by atoms with E-state index < -0.39 is 83.3 Å². The second kappa shape index (κ2) is 25.8. The minimum absolute atomic E-state index is 0.0614. The molecule has 0 spiro atoms. The molecule has 18 nitrogen and oxygen atoms in total. The SMILES string of the molecule is CCOC(=O)C(CC(CNC1CCC(NCC(CC(C(=O)OCC)C(=O)OCC)(C(=O)OCC)C(=O)OCC)CC1)(C(=O)OCC)C(=O)OCC)C(=O)OCC. The van der Waals surface area contributed by atoms with Crippen LogP contribution in [-0.4, -0.2) is 126 Å². The van der Waals surface area contributed by atoms with Crippen molar-refractivity contribution >= 4 is 47.8 Å². The Hall–Kier alpha value is -4.32. The van der Waals surface area contributed by atoms with Crippen LogP contribution in [-0.2, 0) is 76.3 Å². The van der Waals surface area contributed by atoms with Gasteiger partial charge in [-0.05, 0) is 93.9 Å². The average molecular weight is 803 g/mol. The van der Waals surface area contributed by atoms with Crippen molar-refractivity contribution in [1.82, 2.24) is 10.6 Å². The average Bonchev–Trinajstić information content (AvgIpc) is 3.16. The highest BCUT2D eigenvalue weighted by molar-refractivity contribution is 6.04. The van der Waals surface area contributed by atoms with Gasteiger partial charge in [0.05, 0.1) is 52.9 Å². The van der Waals surface area contributed by atoms with Crippen LogP contribution in [0, 0.1) is 22.7 Å². The maximum Gasteiger partial charge on any atom is 0.324 e. The molecule has 0 aliphatic heterocycles. The van der Waals surface area contributed by atoms with E-state index in [9.17, 15) is 38.4 Å². The summed E-state index contributed by atoms with van der Waals surface area (Å²) in [5, 5.41) is 6.48. The van der Waals surface area contributed by atoms with Gasteiger partial charge in [-0.25, -0.2) is 0 Å². The van der Waals surface area contributed by atoms with Crippen LogP contribution in [0.5, 0.6) is 0 Å². The summed E-state index contributed by atoms with van der Waals surface area (Å²) in [6, 6.07) is -0.561. The molecule has 1 aliphatic rings. The van der Waals surface area contributed by atoms with E-state index in [0.717, 1.165) is 0 Å². The van der Waals surface area contributed by atoms with Crippen LogP contribution in [0.25, 0.3) is 0 Å². The van der Waals surface area contributed by atoms with Gasteiger partial charge in [0.25, 0.3) is 0 Å². The molecule has 0 bridgehead atoms. The van der Waals surface area contributed by atoms with Gasteiger partial charge in [-0.15, -0.1) is 0 Å². The maximum absolute atomic E-state index is 13.6. The maximum atomic E-state index is 13.6. The normalized spacial score (nSPS) is 15.7. The summed E-state index contributed by atoms with van der Waals surface area (Å²) in [4.78, 5) is 106. The Balaban J connectivity index is 3.39. The molecule has 0 aromatic rings. The third kappa shape index (κ3) is 14.0. The molecule has 320 valence electrons. The molecule has 0 aromatic heterocycles. The molecule has 0 saturated heterocycles. The summed E-state index contributed by atoms with van der Waals surface area (Å²) in [5.41, 5.74) is -4.25. The largest absolute Gasteiger partial charge is 0.465 e. The van der Waals surface area contributed by atoms with Crippen molar-refractivity contribution in [2.24, 2.45) is 22.7 Å². The van der Waals surface area contributed by atoms with Gasteiger partial charge in [-0.3, -0.25) is 38.4 Å². The summed E-state index contributed by atoms with van der Waals surface area (Å²) in [6.07, 6.45) is 0.623. The second-order valence-corrected chi connectivity index (χ2v) is 12.9. The fraction of sp³-hybridized carbons (Fsp3) is 0.789. The zero-order valence-electron chi connectivity index (χ0n) is 34.2. The zero-order chi connectivity index (χ0) is 42.3. The fourth-order valence-electron chi connectivity index (χ4n) is 6.34. The fourth-order valence-corrected chi connectivity index (χ4v) is 6.34. The van der Waals surface area contributed by atoms with E-state index in [0.29, 0.717) is 25.7 Å². The molecule has 1 fully saturated rings. The third-order valence-electron chi connectivity index (χ3n) is 9.17. The predicted molar refractivity (Wildman–Crippen MR) is 196 cm³/mol. The Morgan fingerprint density at radius 1 is 0.411 bits per heavy atom. The van der Waals surface area contributed by atoms with Crippen LogP contribution >= 0.6 is 0 Å². The lowest BCUT2D eigenvalue weighted by atomic mass is 9.77. The number of hydrogen-bond acceptors (Lipinski definition) is 18. The number of hydrogen-bond donors (Lipinski definition) is 2. The van der Waals surface area contributed by atoms with Crippen LogP contribution in [0.15, 0.2) is 0 Å². The Morgan fingerprint density at radius 3 is 0.821 bits per heavy atom. The molecule has 0 atom stereocenters. The minimum Gasteiger partial charge on any atom is -0.465 e. The first-order valence-electron chi connectivity index (χ1n) is 19.5. The molecule has 1 aliphatic carbocycles. The Bertz CT molecular complexity index is 1140. The highest BCUT2D eigenvalue weighted by atomic mass is 16.6. The van der Waals surface area contributed by atoms with Crippen LogP contribution in [0.1, 0.15) is 93.9 Å². The van der Waals surface area contributed by atoms with Gasteiger partial charge in [0.1, 0.15) is 0 Å². The summed E-state index contributed by atoms with van der Waals surface area (Å²) < 4.78 is 41.6. The Morgan fingerprint density at radius 2 is 0.625 bits per heavy atom. The van der Waals surface area contributed by atoms with Gasteiger partial charge in [0, 0.05) is 25.2 Å². The molecular weight excluding hydrogens is 740 g/mol. The molecule has 0 unspecified atom stereocenters. The number of carbonyl (C=O) groups excluding carboxylic acids is 8. The zero-order valence-corrected chi connectivity index (χ0v) is 34.2. The first-order valence-corrected chi connectivity index (χ1v) is 19.5. The Labute approximate surface area is 329 Å². The van der Waals surface area contributed by atoms with Gasteiger partial charge in [0.15, 0.2) is 22.7 Å². The minimum atomic E-state index is -2.13. The van der Waals surface area contributed by atoms with Crippen molar-refractivity contribution in [3.05, 3.63) is 0 Å². The number of nitrogens with one attached hydrogen (secondary N) is 2. The van der Waals surface area contributed by atoms with E-state index >= 15 is 0 Å². The van der Waals surface area contributed by atoms with Crippen LogP contribution in [0.4, 0.5) is 0 Å². The lowest BCUT2D eigenvalue weighted by Gasteiger charge is -2.36. The number of rotatable bonds is 26. The van der Waals surface area contributed by atoms with Crippen molar-refractivity contribution in [1.29, 1.82) is 0 Å². The van der Waals surface area contributed by atoms with Gasteiger partial charge in [-0.1, -0.05) is 0 Å². The summed E-state index contributed by atoms with van der Waals surface area (Å²) >= 11 is 0. The topological polar surface area (TPSA) is 234 Å². The molecule has 0 amide bonds. The van der Waals surface area contributed by atoms with Crippen molar-refractivity contribution in [3.63, 3.8) is 0 Å². The number of ether oxygens (including phenoxy) is 8. The number of esters is 8. The van der Waals surface area contributed by atoms with Crippen LogP contribution < -0.4 is 10.6 Å². The van der Waals surface area contributed by atoms with E-state index in [-0.39, 0.29) is 78.0 Å². The molecule has 1 rings (SSSR count). The molecule has 56 heavy (non-hydrogen) atoms. The smallest absolute Gasteiger partial charge is 0.324 e. The van der Waals surface area contributed by atoms with Gasteiger partial charge in [-0.2, -0.15) is 0 Å². The monoisotopic (exact) mass is 802 g/mol. The first-order chi connectivity index (χ1) is 26.7. The lowest BCUT2D eigenvalue weighted by Crippen LogP contribution is -2.55. The summed E-state index contributed by atoms with van der Waals surface area (Å²) in [6.45, 7) is 11.1. The van der Waals surface area contributed by atoms with E-state index in [1.54, 1.807) is 55.4 Å². The summed E-state index contributed by atoms with van der Waals surface area (Å²) in [7, 11) is 0. The Kier molecular flexibility index (Phi) is 22.9. The predicted octanol–water partition coefficient (Wildman–Crippen LogP) is 1.97. The van der Waals surface area contributed by atoms with Crippen molar-refractivity contribution in [3.8, 4) is 0 Å². The highest BCUT2D eigenvalue weighted by Crippen LogP contribution is 2.35. The standard InChI is InChI=1S/C38H62N2O16/c1-9-49-29(41)27(30(42)50-10-2)21-37(33(45)53-13-5,34(46)54-14-6)23-39-25-17-19-26(20-18-25)40-24-38(35(47)55-15-7,36(48)56-16-8)22-28(31(43)51-11-3)32(44)52-12-4/h25-28,39-40H,9-24H2,1-8H3. The molecule has 0 aromatic carbocycles. The van der Waals surface area contributed by atoms with Crippen LogP contribution in [0.2, 0.25) is 0 Å². The summed E-state index contributed by atoms with van der Waals surface area (Å²) in [5.74, 6) is -11.1. The molecule has 1 saturated carbocycles. The molecule has 0 radical (unpaired) electrons. The first kappa shape index (κ1) is 49.7. The molecular formula is C38H62N2O16. The van der Waals surface area contributed by atoms with Crippen LogP contribution in [0.3, 0.4) is 0 Å². The van der Waals surface area contributed by atoms with E-state index in [1.165, 1.54) is 0 Å². The molecule has 0 heterocycles. The highest BCUT2D eigenvalue weighted by Gasteiger charge is 2.55. The number of carbonyl (C=O) groups is 8. The van der Waals surface area contributed by atoms with Crippen molar-refractivity contribution in [2.75, 3.05) is 65.9 Å². The van der Waals surface area contributed by atoms with Gasteiger partial charge in [0.2, 0.25) is 0 Å².